The van der Waals surface area contributed by atoms with Crippen LogP contribution in [0.3, 0.4) is 0 Å². The highest BCUT2D eigenvalue weighted by molar-refractivity contribution is 4.97. The largest absolute Gasteiger partial charge is 0.375 e. The van der Waals surface area contributed by atoms with Crippen LogP contribution in [0.2, 0.25) is 0 Å². The second-order valence-corrected chi connectivity index (χ2v) is 7.73. The van der Waals surface area contributed by atoms with Gasteiger partial charge in [-0.05, 0) is 65.2 Å². The second kappa shape index (κ2) is 6.53. The summed E-state index contributed by atoms with van der Waals surface area (Å²) in [7, 11) is 4.50. The fourth-order valence-corrected chi connectivity index (χ4v) is 4.80. The van der Waals surface area contributed by atoms with E-state index in [2.05, 4.69) is 23.9 Å². The third-order valence-corrected chi connectivity index (χ3v) is 6.15. The van der Waals surface area contributed by atoms with Gasteiger partial charge < -0.3 is 20.3 Å². The Morgan fingerprint density at radius 3 is 2.67 bits per heavy atom. The van der Waals surface area contributed by atoms with Gasteiger partial charge in [0.2, 0.25) is 0 Å². The van der Waals surface area contributed by atoms with Gasteiger partial charge in [-0.2, -0.15) is 0 Å². The minimum atomic E-state index is 0.190. The lowest BCUT2D eigenvalue weighted by Crippen LogP contribution is -2.56. The van der Waals surface area contributed by atoms with Crippen LogP contribution in [0.25, 0.3) is 0 Å². The van der Waals surface area contributed by atoms with Gasteiger partial charge in [0, 0.05) is 25.2 Å². The molecule has 3 aliphatic rings. The van der Waals surface area contributed by atoms with Crippen LogP contribution in [0.4, 0.5) is 0 Å². The summed E-state index contributed by atoms with van der Waals surface area (Å²) in [6.07, 6.45) is 8.81. The summed E-state index contributed by atoms with van der Waals surface area (Å²) >= 11 is 0. The SMILES string of the molecule is CN1CCCN(C)C(C(N)C2CCOC3(CCCC3)C2)C1. The lowest BCUT2D eigenvalue weighted by Gasteiger charge is -2.44. The first-order valence-electron chi connectivity index (χ1n) is 8.88. The highest BCUT2D eigenvalue weighted by atomic mass is 16.5. The Labute approximate surface area is 130 Å². The number of likely N-dealkylation sites (N-methyl/N-ethyl adjacent to an activating group) is 2. The molecule has 3 atom stereocenters. The lowest BCUT2D eigenvalue weighted by atomic mass is 9.78. The molecule has 2 N–H and O–H groups in total. The maximum Gasteiger partial charge on any atom is 0.0685 e. The quantitative estimate of drug-likeness (QED) is 0.842. The van der Waals surface area contributed by atoms with Crippen LogP contribution in [0, 0.1) is 5.92 Å². The third kappa shape index (κ3) is 3.44. The van der Waals surface area contributed by atoms with Crippen LogP contribution in [-0.4, -0.2) is 67.8 Å². The monoisotopic (exact) mass is 295 g/mol. The van der Waals surface area contributed by atoms with Crippen molar-refractivity contribution in [3.05, 3.63) is 0 Å². The molecule has 122 valence electrons. The van der Waals surface area contributed by atoms with Crippen LogP contribution in [0.1, 0.15) is 44.9 Å². The van der Waals surface area contributed by atoms with E-state index in [4.69, 9.17) is 10.5 Å². The average Bonchev–Trinajstić information content (AvgIpc) is 2.84. The molecule has 2 saturated heterocycles. The summed E-state index contributed by atoms with van der Waals surface area (Å²) in [6, 6.07) is 0.788. The summed E-state index contributed by atoms with van der Waals surface area (Å²) in [5.74, 6) is 0.635. The summed E-state index contributed by atoms with van der Waals surface area (Å²) in [5.41, 5.74) is 6.96. The van der Waals surface area contributed by atoms with E-state index in [1.54, 1.807) is 0 Å². The maximum absolute atomic E-state index is 6.77. The van der Waals surface area contributed by atoms with Crippen LogP contribution in [0.15, 0.2) is 0 Å². The van der Waals surface area contributed by atoms with Crippen molar-refractivity contribution in [2.75, 3.05) is 40.3 Å². The van der Waals surface area contributed by atoms with Gasteiger partial charge in [-0.15, -0.1) is 0 Å². The van der Waals surface area contributed by atoms with Gasteiger partial charge in [0.15, 0.2) is 0 Å². The Bertz CT molecular complexity index is 343. The van der Waals surface area contributed by atoms with Crippen molar-refractivity contribution in [2.45, 2.75) is 62.6 Å². The fourth-order valence-electron chi connectivity index (χ4n) is 4.80. The Hall–Kier alpha value is -0.160. The highest BCUT2D eigenvalue weighted by Crippen LogP contribution is 2.43. The van der Waals surface area contributed by atoms with E-state index < -0.39 is 0 Å². The van der Waals surface area contributed by atoms with Crippen molar-refractivity contribution < 1.29 is 4.74 Å². The zero-order valence-corrected chi connectivity index (χ0v) is 13.9. The van der Waals surface area contributed by atoms with Crippen molar-refractivity contribution in [2.24, 2.45) is 11.7 Å². The molecule has 1 spiro atoms. The highest BCUT2D eigenvalue weighted by Gasteiger charge is 2.43. The molecule has 2 aliphatic heterocycles. The molecule has 0 bridgehead atoms. The van der Waals surface area contributed by atoms with Gasteiger partial charge in [-0.25, -0.2) is 0 Å². The first-order chi connectivity index (χ1) is 10.1. The van der Waals surface area contributed by atoms with Gasteiger partial charge in [-0.3, -0.25) is 0 Å². The zero-order chi connectivity index (χ0) is 14.9. The Balaban J connectivity index is 1.66. The normalized spacial score (nSPS) is 36.7. The van der Waals surface area contributed by atoms with E-state index >= 15 is 0 Å². The van der Waals surface area contributed by atoms with Crippen molar-refractivity contribution in [3.63, 3.8) is 0 Å². The average molecular weight is 295 g/mol. The molecule has 2 heterocycles. The number of rotatable bonds is 2. The van der Waals surface area contributed by atoms with E-state index in [-0.39, 0.29) is 11.6 Å². The molecule has 4 nitrogen and oxygen atoms in total. The minimum Gasteiger partial charge on any atom is -0.375 e. The van der Waals surface area contributed by atoms with Crippen LogP contribution >= 0.6 is 0 Å². The second-order valence-electron chi connectivity index (χ2n) is 7.73. The van der Waals surface area contributed by atoms with Crippen molar-refractivity contribution in [1.29, 1.82) is 0 Å². The maximum atomic E-state index is 6.77. The molecule has 1 aliphatic carbocycles. The summed E-state index contributed by atoms with van der Waals surface area (Å²) in [5, 5.41) is 0. The first kappa shape index (κ1) is 15.7. The Morgan fingerprint density at radius 2 is 1.90 bits per heavy atom. The molecule has 1 saturated carbocycles. The molecule has 3 fully saturated rings. The van der Waals surface area contributed by atoms with Gasteiger partial charge in [0.1, 0.15) is 0 Å². The molecule has 0 aromatic heterocycles. The summed E-state index contributed by atoms with van der Waals surface area (Å²) in [6.45, 7) is 4.41. The van der Waals surface area contributed by atoms with Gasteiger partial charge in [0.05, 0.1) is 5.60 Å². The smallest absolute Gasteiger partial charge is 0.0685 e. The van der Waals surface area contributed by atoms with Gasteiger partial charge >= 0.3 is 0 Å². The third-order valence-electron chi connectivity index (χ3n) is 6.15. The van der Waals surface area contributed by atoms with Crippen molar-refractivity contribution in [3.8, 4) is 0 Å². The van der Waals surface area contributed by atoms with E-state index in [0.29, 0.717) is 12.0 Å². The Kier molecular flexibility index (Phi) is 4.89. The molecule has 3 unspecified atom stereocenters. The van der Waals surface area contributed by atoms with Crippen LogP contribution < -0.4 is 5.73 Å². The number of nitrogens with zero attached hydrogens (tertiary/aromatic N) is 2. The molecule has 0 aromatic rings. The number of hydrogen-bond acceptors (Lipinski definition) is 4. The van der Waals surface area contributed by atoms with E-state index in [1.807, 2.05) is 0 Å². The molecule has 0 aromatic carbocycles. The summed E-state index contributed by atoms with van der Waals surface area (Å²) in [4.78, 5) is 4.96. The fraction of sp³-hybridized carbons (Fsp3) is 1.00. The molecular weight excluding hydrogens is 262 g/mol. The minimum absolute atomic E-state index is 0.190. The first-order valence-corrected chi connectivity index (χ1v) is 8.88. The molecule has 0 amide bonds. The van der Waals surface area contributed by atoms with Crippen LogP contribution in [-0.2, 0) is 4.74 Å². The molecule has 4 heteroatoms. The predicted octanol–water partition coefficient (Wildman–Crippen LogP) is 1.69. The molecular formula is C17H33N3O. The number of nitrogens with two attached hydrogens (primary N) is 1. The zero-order valence-electron chi connectivity index (χ0n) is 13.9. The van der Waals surface area contributed by atoms with E-state index in [1.165, 1.54) is 51.6 Å². The number of ether oxygens (including phenoxy) is 1. The van der Waals surface area contributed by atoms with Gasteiger partial charge in [0.25, 0.3) is 0 Å². The van der Waals surface area contributed by atoms with Gasteiger partial charge in [-0.1, -0.05) is 12.8 Å². The van der Waals surface area contributed by atoms with E-state index in [0.717, 1.165) is 19.6 Å². The van der Waals surface area contributed by atoms with Crippen molar-refractivity contribution >= 4 is 0 Å². The summed E-state index contributed by atoms with van der Waals surface area (Å²) < 4.78 is 6.19. The Morgan fingerprint density at radius 1 is 1.14 bits per heavy atom. The molecule has 3 rings (SSSR count). The standard InChI is InChI=1S/C17H33N3O/c1-19-9-5-10-20(2)15(13-19)16(18)14-6-11-21-17(12-14)7-3-4-8-17/h14-16H,3-13,18H2,1-2H3. The van der Waals surface area contributed by atoms with E-state index in [9.17, 15) is 0 Å². The predicted molar refractivity (Wildman–Crippen MR) is 86.4 cm³/mol. The topological polar surface area (TPSA) is 41.7 Å². The lowest BCUT2D eigenvalue weighted by molar-refractivity contribution is -0.0996. The number of hydrogen-bond donors (Lipinski definition) is 1. The molecule has 0 radical (unpaired) electrons. The molecule has 21 heavy (non-hydrogen) atoms. The van der Waals surface area contributed by atoms with Crippen molar-refractivity contribution in [1.82, 2.24) is 9.80 Å². The van der Waals surface area contributed by atoms with Crippen LogP contribution in [0.5, 0.6) is 0 Å².